The van der Waals surface area contributed by atoms with Crippen LogP contribution in [-0.2, 0) is 0 Å². The van der Waals surface area contributed by atoms with Crippen molar-refractivity contribution in [2.45, 2.75) is 25.3 Å². The van der Waals surface area contributed by atoms with Crippen molar-refractivity contribution in [2.24, 2.45) is 11.8 Å². The first-order chi connectivity index (χ1) is 19.7. The Morgan fingerprint density at radius 3 is 2.35 bits per heavy atom. The number of fused-ring (bicyclic) bond motifs is 1. The predicted octanol–water partition coefficient (Wildman–Crippen LogP) is 4.05. The fourth-order valence-corrected chi connectivity index (χ4v) is 6.65. The van der Waals surface area contributed by atoms with Crippen molar-refractivity contribution in [3.05, 3.63) is 60.9 Å². The van der Waals surface area contributed by atoms with E-state index in [9.17, 15) is 0 Å². The number of hydrogen-bond acceptors (Lipinski definition) is 8. The molecule has 208 valence electrons. The molecule has 3 N–H and O–H groups in total. The van der Waals surface area contributed by atoms with E-state index in [4.69, 9.17) is 15.6 Å². The zero-order valence-electron chi connectivity index (χ0n) is 23.0. The summed E-state index contributed by atoms with van der Waals surface area (Å²) >= 11 is 0. The molecule has 0 radical (unpaired) electrons. The van der Waals surface area contributed by atoms with Gasteiger partial charge in [0, 0.05) is 44.8 Å². The van der Waals surface area contributed by atoms with Gasteiger partial charge in [0.1, 0.15) is 29.3 Å². The van der Waals surface area contributed by atoms with Gasteiger partial charge >= 0.3 is 0 Å². The number of benzene rings is 2. The minimum Gasteiger partial charge on any atom is -0.457 e. The summed E-state index contributed by atoms with van der Waals surface area (Å²) in [7, 11) is 0. The van der Waals surface area contributed by atoms with E-state index in [2.05, 4.69) is 29.8 Å². The number of nitrogens with one attached hydrogen (secondary N) is 1. The molecule has 40 heavy (non-hydrogen) atoms. The van der Waals surface area contributed by atoms with E-state index in [0.29, 0.717) is 11.9 Å². The van der Waals surface area contributed by atoms with Crippen molar-refractivity contribution < 1.29 is 4.74 Å². The van der Waals surface area contributed by atoms with Gasteiger partial charge in [-0.3, -0.25) is 0 Å². The highest BCUT2D eigenvalue weighted by molar-refractivity contribution is 5.98. The van der Waals surface area contributed by atoms with Gasteiger partial charge in [0.2, 0.25) is 0 Å². The van der Waals surface area contributed by atoms with Gasteiger partial charge in [-0.15, -0.1) is 0 Å². The summed E-state index contributed by atoms with van der Waals surface area (Å²) in [4.78, 5) is 14.2. The second-order valence-electron chi connectivity index (χ2n) is 11.7. The lowest BCUT2D eigenvalue weighted by atomic mass is 9.95. The van der Waals surface area contributed by atoms with Gasteiger partial charge in [0.05, 0.1) is 11.4 Å². The van der Waals surface area contributed by atoms with Crippen LogP contribution in [0.1, 0.15) is 25.3 Å². The maximum atomic E-state index is 6.39. The minimum absolute atomic E-state index is 0.301. The fraction of sp³-hybridized carbons (Fsp3) is 0.452. The molecule has 0 amide bonds. The number of aromatic nitrogens is 4. The average molecular weight is 539 g/mol. The number of anilines is 1. The monoisotopic (exact) mass is 538 g/mol. The predicted molar refractivity (Wildman–Crippen MR) is 157 cm³/mol. The molecular formula is C31H38N8O. The van der Waals surface area contributed by atoms with E-state index < -0.39 is 0 Å². The van der Waals surface area contributed by atoms with E-state index in [-0.39, 0.29) is 0 Å². The third kappa shape index (κ3) is 5.29. The van der Waals surface area contributed by atoms with Crippen molar-refractivity contribution in [1.82, 2.24) is 34.9 Å². The van der Waals surface area contributed by atoms with E-state index in [1.165, 1.54) is 45.7 Å². The fourth-order valence-electron chi connectivity index (χ4n) is 6.65. The molecule has 2 aromatic heterocycles. The number of ether oxygens (including phenoxy) is 1. The Balaban J connectivity index is 1.01. The maximum absolute atomic E-state index is 6.39. The lowest BCUT2D eigenvalue weighted by Gasteiger charge is -2.44. The van der Waals surface area contributed by atoms with Crippen LogP contribution in [0.15, 0.2) is 60.9 Å². The van der Waals surface area contributed by atoms with Gasteiger partial charge in [-0.2, -0.15) is 5.10 Å². The second kappa shape index (κ2) is 11.2. The zero-order valence-corrected chi connectivity index (χ0v) is 23.0. The van der Waals surface area contributed by atoms with Crippen LogP contribution in [0.2, 0.25) is 0 Å². The van der Waals surface area contributed by atoms with Gasteiger partial charge in [0.15, 0.2) is 5.65 Å². The lowest BCUT2D eigenvalue weighted by Crippen LogP contribution is -2.53. The van der Waals surface area contributed by atoms with Gasteiger partial charge in [0.25, 0.3) is 0 Å². The molecular weight excluding hydrogens is 500 g/mol. The molecule has 5 heterocycles. The summed E-state index contributed by atoms with van der Waals surface area (Å²) in [5.41, 5.74) is 9.01. The first-order valence-electron chi connectivity index (χ1n) is 14.7. The zero-order chi connectivity index (χ0) is 26.9. The van der Waals surface area contributed by atoms with Crippen LogP contribution in [0.3, 0.4) is 0 Å². The Morgan fingerprint density at radius 1 is 0.850 bits per heavy atom. The van der Waals surface area contributed by atoms with Crippen molar-refractivity contribution in [3.63, 3.8) is 0 Å². The maximum Gasteiger partial charge on any atom is 0.164 e. The standard InChI is InChI=1S/C31H38N8O/c32-30-28-29(24-6-8-27(9-7-24)40-26-4-2-1-3-5-26)36-39(31(28)35-21-34-30)25-11-14-37(15-12-25)18-23-19-38(20-23)17-22-10-13-33-16-22/h1-9,21-23,25,33H,10-20H2,(H2,32,34,35). The van der Waals surface area contributed by atoms with Gasteiger partial charge < -0.3 is 25.6 Å². The number of nitrogens with two attached hydrogens (primary N) is 1. The highest BCUT2D eigenvalue weighted by atomic mass is 16.5. The molecule has 1 unspecified atom stereocenters. The molecule has 0 saturated carbocycles. The molecule has 0 aliphatic carbocycles. The highest BCUT2D eigenvalue weighted by Crippen LogP contribution is 2.35. The quantitative estimate of drug-likeness (QED) is 0.347. The first-order valence-corrected chi connectivity index (χ1v) is 14.7. The number of para-hydroxylation sites is 1. The van der Waals surface area contributed by atoms with Gasteiger partial charge in [-0.1, -0.05) is 18.2 Å². The van der Waals surface area contributed by atoms with Crippen LogP contribution >= 0.6 is 0 Å². The van der Waals surface area contributed by atoms with E-state index in [1.807, 2.05) is 54.6 Å². The molecule has 1 atom stereocenters. The molecule has 7 rings (SSSR count). The molecule has 4 aromatic rings. The molecule has 3 aliphatic heterocycles. The number of nitrogens with zero attached hydrogens (tertiary/aromatic N) is 6. The summed E-state index contributed by atoms with van der Waals surface area (Å²) in [6.07, 6.45) is 5.01. The Hall–Kier alpha value is -3.53. The van der Waals surface area contributed by atoms with Gasteiger partial charge in [-0.25, -0.2) is 14.6 Å². The minimum atomic E-state index is 0.301. The van der Waals surface area contributed by atoms with Gasteiger partial charge in [-0.05, 0) is 80.6 Å². The molecule has 9 nitrogen and oxygen atoms in total. The molecule has 0 bridgehead atoms. The summed E-state index contributed by atoms with van der Waals surface area (Å²) in [6, 6.07) is 18.1. The van der Waals surface area contributed by atoms with Crippen molar-refractivity contribution in [3.8, 4) is 22.8 Å². The normalized spacial score (nSPS) is 21.1. The Kier molecular flexibility index (Phi) is 7.09. The number of hydrogen-bond donors (Lipinski definition) is 2. The van der Waals surface area contributed by atoms with E-state index in [1.54, 1.807) is 6.33 Å². The molecule has 3 fully saturated rings. The number of nitrogen functional groups attached to an aromatic ring is 1. The Bertz CT molecular complexity index is 1420. The number of likely N-dealkylation sites (tertiary alicyclic amines) is 2. The topological polar surface area (TPSA) is 97.4 Å². The third-order valence-corrected chi connectivity index (χ3v) is 8.76. The highest BCUT2D eigenvalue weighted by Gasteiger charge is 2.32. The van der Waals surface area contributed by atoms with Crippen molar-refractivity contribution >= 4 is 16.9 Å². The van der Waals surface area contributed by atoms with Crippen LogP contribution in [0, 0.1) is 11.8 Å². The first kappa shape index (κ1) is 25.4. The second-order valence-corrected chi connectivity index (χ2v) is 11.7. The summed E-state index contributed by atoms with van der Waals surface area (Å²) < 4.78 is 8.09. The van der Waals surface area contributed by atoms with Crippen LogP contribution in [0.25, 0.3) is 22.3 Å². The number of rotatable bonds is 8. The van der Waals surface area contributed by atoms with E-state index >= 15 is 0 Å². The van der Waals surface area contributed by atoms with Crippen LogP contribution in [-0.4, -0.2) is 81.9 Å². The largest absolute Gasteiger partial charge is 0.457 e. The van der Waals surface area contributed by atoms with Crippen molar-refractivity contribution in [2.75, 3.05) is 58.1 Å². The Labute approximate surface area is 235 Å². The third-order valence-electron chi connectivity index (χ3n) is 8.76. The van der Waals surface area contributed by atoms with Crippen LogP contribution < -0.4 is 15.8 Å². The van der Waals surface area contributed by atoms with Crippen LogP contribution in [0.4, 0.5) is 5.82 Å². The molecule has 2 aromatic carbocycles. The SMILES string of the molecule is Nc1ncnc2c1c(-c1ccc(Oc3ccccc3)cc1)nn2C1CCN(CC2CN(CC3CCNC3)C2)CC1. The summed E-state index contributed by atoms with van der Waals surface area (Å²) in [5.74, 6) is 3.72. The summed E-state index contributed by atoms with van der Waals surface area (Å²) in [6.45, 7) is 9.58. The average Bonchev–Trinajstić information content (AvgIpc) is 3.62. The van der Waals surface area contributed by atoms with Crippen molar-refractivity contribution in [1.29, 1.82) is 0 Å². The number of piperidine rings is 1. The van der Waals surface area contributed by atoms with Crippen LogP contribution in [0.5, 0.6) is 11.5 Å². The summed E-state index contributed by atoms with van der Waals surface area (Å²) in [5, 5.41) is 9.41. The molecule has 3 saturated heterocycles. The molecule has 0 spiro atoms. The molecule has 3 aliphatic rings. The Morgan fingerprint density at radius 2 is 1.60 bits per heavy atom. The molecule has 9 heteroatoms. The lowest BCUT2D eigenvalue weighted by molar-refractivity contribution is 0.0461. The van der Waals surface area contributed by atoms with E-state index in [0.717, 1.165) is 71.6 Å². The smallest absolute Gasteiger partial charge is 0.164 e.